The summed E-state index contributed by atoms with van der Waals surface area (Å²) in [6.45, 7) is 0. The summed E-state index contributed by atoms with van der Waals surface area (Å²) in [6, 6.07) is 21.2. The SMILES string of the molecule is COc1ccc([C@H]2C=C(c3c(-c4ccccc4)c4cc(Cl)ccc4[nH]c3=O)NN2C(=O)CCC(=O)[O-])cc1. The third-order valence-electron chi connectivity index (χ3n) is 6.42. The lowest BCUT2D eigenvalue weighted by Crippen LogP contribution is -2.40. The van der Waals surface area contributed by atoms with Crippen molar-refractivity contribution in [1.29, 1.82) is 0 Å². The van der Waals surface area contributed by atoms with E-state index < -0.39 is 24.3 Å². The van der Waals surface area contributed by atoms with Crippen LogP contribution in [0.25, 0.3) is 27.7 Å². The van der Waals surface area contributed by atoms with Crippen LogP contribution < -0.4 is 20.8 Å². The maximum Gasteiger partial charge on any atom is 0.258 e. The van der Waals surface area contributed by atoms with E-state index in [0.717, 1.165) is 16.5 Å². The number of ether oxygens (including phenoxy) is 1. The number of amides is 1. The number of pyridine rings is 1. The Hall–Kier alpha value is -4.56. The van der Waals surface area contributed by atoms with Gasteiger partial charge in [-0.05, 0) is 54.0 Å². The predicted molar refractivity (Wildman–Crippen MR) is 143 cm³/mol. The number of aliphatic carboxylic acids is 1. The van der Waals surface area contributed by atoms with Crippen LogP contribution in [0.5, 0.6) is 5.75 Å². The molecule has 0 spiro atoms. The number of aromatic amines is 1. The van der Waals surface area contributed by atoms with Crippen molar-refractivity contribution in [3.63, 3.8) is 0 Å². The molecular weight excluding hydrogens is 506 g/mol. The summed E-state index contributed by atoms with van der Waals surface area (Å²) in [4.78, 5) is 40.6. The zero-order valence-electron chi connectivity index (χ0n) is 20.4. The highest BCUT2D eigenvalue weighted by Crippen LogP contribution is 2.38. The molecule has 2 N–H and O–H groups in total. The number of benzene rings is 3. The molecule has 0 saturated heterocycles. The molecule has 9 heteroatoms. The lowest BCUT2D eigenvalue weighted by molar-refractivity contribution is -0.305. The highest BCUT2D eigenvalue weighted by atomic mass is 35.5. The Balaban J connectivity index is 1.69. The number of hydrogen-bond donors (Lipinski definition) is 2. The fraction of sp³-hybridized carbons (Fsp3) is 0.138. The van der Waals surface area contributed by atoms with E-state index in [9.17, 15) is 19.5 Å². The molecule has 5 rings (SSSR count). The van der Waals surface area contributed by atoms with Crippen molar-refractivity contribution in [2.24, 2.45) is 0 Å². The third-order valence-corrected chi connectivity index (χ3v) is 6.66. The molecule has 1 amide bonds. The minimum atomic E-state index is -1.32. The van der Waals surface area contributed by atoms with Crippen LogP contribution in [0.3, 0.4) is 0 Å². The van der Waals surface area contributed by atoms with Crippen molar-refractivity contribution in [2.45, 2.75) is 18.9 Å². The standard InChI is InChI=1S/C29H24ClN3O5/c1-38-20-10-7-17(8-11-20)24-16-23(32-33(24)25(34)13-14-26(35)36)28-27(18-5-3-2-4-6-18)21-15-19(30)9-12-22(21)31-29(28)37/h2-12,15-16,24,32H,13-14H2,1H3,(H,31,37)(H,35,36)/p-1/t24-/m1/s1. The largest absolute Gasteiger partial charge is 0.550 e. The average molecular weight is 529 g/mol. The van der Waals surface area contributed by atoms with Gasteiger partial charge in [0.2, 0.25) is 5.91 Å². The van der Waals surface area contributed by atoms with E-state index in [0.29, 0.717) is 33.1 Å². The van der Waals surface area contributed by atoms with Gasteiger partial charge in [0, 0.05) is 33.9 Å². The first kappa shape index (κ1) is 25.1. The molecule has 2 heterocycles. The smallest absolute Gasteiger partial charge is 0.258 e. The van der Waals surface area contributed by atoms with Crippen LogP contribution in [0.4, 0.5) is 0 Å². The number of halogens is 1. The van der Waals surface area contributed by atoms with Crippen molar-refractivity contribution < 1.29 is 19.4 Å². The first-order chi connectivity index (χ1) is 18.4. The number of carbonyl (C=O) groups is 2. The quantitative estimate of drug-likeness (QED) is 0.377. The molecule has 1 aliphatic rings. The first-order valence-electron chi connectivity index (χ1n) is 11.9. The van der Waals surface area contributed by atoms with Crippen molar-refractivity contribution in [2.75, 3.05) is 7.11 Å². The van der Waals surface area contributed by atoms with Gasteiger partial charge in [0.05, 0.1) is 24.4 Å². The number of nitrogens with zero attached hydrogens (tertiary/aromatic N) is 1. The molecule has 1 aromatic heterocycles. The van der Waals surface area contributed by atoms with Crippen LogP contribution >= 0.6 is 11.6 Å². The van der Waals surface area contributed by atoms with Gasteiger partial charge in [-0.25, -0.2) is 5.01 Å². The van der Waals surface area contributed by atoms with Gasteiger partial charge in [-0.2, -0.15) is 0 Å². The molecule has 1 aliphatic heterocycles. The number of carboxylic acids is 1. The summed E-state index contributed by atoms with van der Waals surface area (Å²) in [6.07, 6.45) is 1.09. The van der Waals surface area contributed by atoms with Crippen LogP contribution in [-0.2, 0) is 9.59 Å². The van der Waals surface area contributed by atoms with Gasteiger partial charge in [0.1, 0.15) is 5.75 Å². The molecule has 4 aromatic rings. The number of nitrogens with one attached hydrogen (secondary N) is 2. The van der Waals surface area contributed by atoms with E-state index in [4.69, 9.17) is 16.3 Å². The Labute approximate surface area is 223 Å². The maximum atomic E-state index is 13.5. The summed E-state index contributed by atoms with van der Waals surface area (Å²) in [5, 5.41) is 13.6. The Bertz CT molecular complexity index is 1610. The highest BCUT2D eigenvalue weighted by Gasteiger charge is 2.33. The lowest BCUT2D eigenvalue weighted by atomic mass is 9.94. The van der Waals surface area contributed by atoms with E-state index in [1.54, 1.807) is 43.5 Å². The minimum Gasteiger partial charge on any atom is -0.550 e. The van der Waals surface area contributed by atoms with E-state index in [1.807, 2.05) is 42.5 Å². The Morgan fingerprint density at radius 2 is 1.74 bits per heavy atom. The third kappa shape index (κ3) is 4.86. The molecule has 1 atom stereocenters. The molecular formula is C29H23ClN3O5-. The second-order valence-electron chi connectivity index (χ2n) is 8.81. The highest BCUT2D eigenvalue weighted by molar-refractivity contribution is 6.31. The van der Waals surface area contributed by atoms with Crippen LogP contribution in [0, 0.1) is 0 Å². The van der Waals surface area contributed by atoms with Gasteiger partial charge in [-0.15, -0.1) is 0 Å². The summed E-state index contributed by atoms with van der Waals surface area (Å²) in [7, 11) is 1.56. The maximum absolute atomic E-state index is 13.5. The number of fused-ring (bicyclic) bond motifs is 1. The van der Waals surface area contributed by atoms with E-state index >= 15 is 0 Å². The van der Waals surface area contributed by atoms with Crippen molar-refractivity contribution in [3.8, 4) is 16.9 Å². The molecule has 0 bridgehead atoms. The molecule has 0 fully saturated rings. The molecule has 38 heavy (non-hydrogen) atoms. The van der Waals surface area contributed by atoms with Crippen molar-refractivity contribution in [1.82, 2.24) is 15.4 Å². The molecule has 192 valence electrons. The van der Waals surface area contributed by atoms with Gasteiger partial charge < -0.3 is 19.6 Å². The molecule has 0 radical (unpaired) electrons. The first-order valence-corrected chi connectivity index (χ1v) is 12.3. The fourth-order valence-electron chi connectivity index (χ4n) is 4.63. The number of H-pyrrole nitrogens is 1. The normalized spacial score (nSPS) is 14.7. The fourth-order valence-corrected chi connectivity index (χ4v) is 4.80. The Kier molecular flexibility index (Phi) is 6.89. The summed E-state index contributed by atoms with van der Waals surface area (Å²) < 4.78 is 5.25. The second-order valence-corrected chi connectivity index (χ2v) is 9.24. The predicted octanol–water partition coefficient (Wildman–Crippen LogP) is 3.82. The number of carboxylic acid groups (broad SMARTS) is 1. The van der Waals surface area contributed by atoms with Crippen LogP contribution in [0.1, 0.15) is 30.0 Å². The summed E-state index contributed by atoms with van der Waals surface area (Å²) in [5.74, 6) is -1.13. The zero-order chi connectivity index (χ0) is 26.8. The number of rotatable bonds is 7. The van der Waals surface area contributed by atoms with Gasteiger partial charge in [-0.1, -0.05) is 54.1 Å². The van der Waals surface area contributed by atoms with Gasteiger partial charge >= 0.3 is 0 Å². The van der Waals surface area contributed by atoms with Gasteiger partial charge in [0.15, 0.2) is 0 Å². The molecule has 0 saturated carbocycles. The van der Waals surface area contributed by atoms with Crippen molar-refractivity contribution in [3.05, 3.63) is 105 Å². The summed E-state index contributed by atoms with van der Waals surface area (Å²) in [5.41, 5.74) is 6.30. The van der Waals surface area contributed by atoms with Crippen LogP contribution in [0.15, 0.2) is 83.7 Å². The van der Waals surface area contributed by atoms with Crippen molar-refractivity contribution >= 4 is 40.1 Å². The molecule has 0 unspecified atom stereocenters. The molecule has 3 aromatic carbocycles. The summed E-state index contributed by atoms with van der Waals surface area (Å²) >= 11 is 6.34. The number of aromatic nitrogens is 1. The average Bonchev–Trinajstić information content (AvgIpc) is 3.37. The number of hydrogen-bond acceptors (Lipinski definition) is 6. The van der Waals surface area contributed by atoms with Gasteiger partial charge in [0.25, 0.3) is 5.56 Å². The lowest BCUT2D eigenvalue weighted by Gasteiger charge is -2.26. The van der Waals surface area contributed by atoms with Crippen LogP contribution in [0.2, 0.25) is 5.02 Å². The number of hydrazine groups is 1. The number of methoxy groups -OCH3 is 1. The van der Waals surface area contributed by atoms with Gasteiger partial charge in [-0.3, -0.25) is 15.0 Å². The monoisotopic (exact) mass is 528 g/mol. The second kappa shape index (κ2) is 10.4. The molecule has 8 nitrogen and oxygen atoms in total. The zero-order valence-corrected chi connectivity index (χ0v) is 21.1. The van der Waals surface area contributed by atoms with E-state index in [-0.39, 0.29) is 12.0 Å². The van der Waals surface area contributed by atoms with E-state index in [2.05, 4.69) is 10.4 Å². The van der Waals surface area contributed by atoms with E-state index in [1.165, 1.54) is 5.01 Å². The molecule has 0 aliphatic carbocycles. The van der Waals surface area contributed by atoms with Crippen LogP contribution in [-0.4, -0.2) is 29.0 Å². The Morgan fingerprint density at radius 1 is 1.00 bits per heavy atom. The Morgan fingerprint density at radius 3 is 2.42 bits per heavy atom. The topological polar surface area (TPSA) is 115 Å². The minimum absolute atomic E-state index is 0.266. The number of carbonyl (C=O) groups excluding carboxylic acids is 2.